The van der Waals surface area contributed by atoms with Crippen molar-refractivity contribution in [3.05, 3.63) is 58.5 Å². The molecule has 0 aliphatic carbocycles. The number of nitrogens with zero attached hydrogens (tertiary/aromatic N) is 5. The number of aryl methyl sites for hydroxylation is 1. The Morgan fingerprint density at radius 1 is 1.08 bits per heavy atom. The minimum absolute atomic E-state index is 0.0281. The van der Waals surface area contributed by atoms with Crippen LogP contribution in [0.5, 0.6) is 0 Å². The van der Waals surface area contributed by atoms with Crippen LogP contribution in [0.1, 0.15) is 86.8 Å². The number of pyridine rings is 2. The Bertz CT molecular complexity index is 1960. The van der Waals surface area contributed by atoms with Gasteiger partial charge in [0.15, 0.2) is 11.9 Å². The lowest BCUT2D eigenvalue weighted by Crippen LogP contribution is -2.61. The van der Waals surface area contributed by atoms with E-state index in [0.717, 1.165) is 6.20 Å². The van der Waals surface area contributed by atoms with E-state index in [1.807, 2.05) is 32.0 Å². The third kappa shape index (κ3) is 11.6. The molecule has 360 valence electrons. The molecule has 65 heavy (non-hydrogen) atoms. The summed E-state index contributed by atoms with van der Waals surface area (Å²) in [4.78, 5) is 79.8. The maximum absolute atomic E-state index is 14.9. The lowest BCUT2D eigenvalue weighted by atomic mass is 9.73. The Hall–Kier alpha value is -4.82. The van der Waals surface area contributed by atoms with E-state index in [0.29, 0.717) is 17.9 Å². The number of amides is 1. The maximum Gasteiger partial charge on any atom is 0.410 e. The first-order chi connectivity index (χ1) is 30.6. The summed E-state index contributed by atoms with van der Waals surface area (Å²) in [6, 6.07) is 6.88. The highest BCUT2D eigenvalue weighted by Crippen LogP contribution is 2.44. The summed E-state index contributed by atoms with van der Waals surface area (Å²) in [6.45, 7) is 14.1. The number of ketones is 1. The molecule has 0 spiro atoms. The predicted octanol–water partition coefficient (Wildman–Crippen LogP) is 4.98. The number of aliphatic hydroxyl groups excluding tert-OH is 1. The van der Waals surface area contributed by atoms with Gasteiger partial charge in [0.05, 0.1) is 41.1 Å². The lowest BCUT2D eigenvalue weighted by molar-refractivity contribution is -0.385. The molecule has 2 aromatic rings. The highest BCUT2D eigenvalue weighted by atomic mass is 16.7. The van der Waals surface area contributed by atoms with Crippen molar-refractivity contribution < 1.29 is 57.6 Å². The number of nitro groups is 1. The summed E-state index contributed by atoms with van der Waals surface area (Å²) in [5.74, 6) is -4.81. The second kappa shape index (κ2) is 21.7. The SMILES string of the molecule is CC[C@H]1OC(=O)[C@H](C)[C@H](OC(=O)CCc2ccccn2)[C@@H](C)[C@@H](OC2O[C@H](C)C[C@H](N(C)C)[C@H]2O)[C@](C)(OC)C[C@@H](C)C(=O)[C@H](C)[C@@H]2N(CCNc3ccc([N+](=O)[O-])cn3)C(=O)O[C@@]21C. The zero-order valence-corrected chi connectivity index (χ0v) is 39.5. The zero-order chi connectivity index (χ0) is 48.0. The number of methoxy groups -OCH3 is 1. The number of cyclic esters (lactones) is 1. The van der Waals surface area contributed by atoms with Gasteiger partial charge in [-0.2, -0.15) is 0 Å². The molecule has 3 saturated heterocycles. The number of esters is 2. The van der Waals surface area contributed by atoms with Crippen molar-refractivity contribution in [1.82, 2.24) is 19.8 Å². The van der Waals surface area contributed by atoms with Gasteiger partial charge in [-0.25, -0.2) is 9.78 Å². The van der Waals surface area contributed by atoms with Crippen LogP contribution in [-0.2, 0) is 49.2 Å². The molecule has 5 heterocycles. The molecule has 0 bridgehead atoms. The third-order valence-electron chi connectivity index (χ3n) is 13.5. The van der Waals surface area contributed by atoms with Crippen molar-refractivity contribution in [3.8, 4) is 0 Å². The van der Waals surface area contributed by atoms with Crippen molar-refractivity contribution in [1.29, 1.82) is 0 Å². The number of nitrogens with one attached hydrogen (secondary N) is 1. The maximum atomic E-state index is 14.9. The smallest absolute Gasteiger partial charge is 0.410 e. The van der Waals surface area contributed by atoms with Crippen LogP contribution in [0.3, 0.4) is 0 Å². The van der Waals surface area contributed by atoms with Crippen molar-refractivity contribution in [2.24, 2.45) is 23.7 Å². The summed E-state index contributed by atoms with van der Waals surface area (Å²) in [6.07, 6.45) is -2.87. The van der Waals surface area contributed by atoms with Crippen LogP contribution in [-0.4, -0.2) is 148 Å². The number of aromatic nitrogens is 2. The molecule has 0 saturated carbocycles. The Morgan fingerprint density at radius 2 is 1.80 bits per heavy atom. The number of fused-ring (bicyclic) bond motifs is 1. The van der Waals surface area contributed by atoms with E-state index < -0.39 is 94.6 Å². The van der Waals surface area contributed by atoms with E-state index in [9.17, 15) is 34.4 Å². The number of likely N-dealkylation sites (N-methyl/N-ethyl adjacent to an activating group) is 1. The second-order valence-electron chi connectivity index (χ2n) is 18.5. The number of hydrogen-bond acceptors (Lipinski definition) is 17. The molecule has 19 heteroatoms. The monoisotopic (exact) mass is 912 g/mol. The van der Waals surface area contributed by atoms with Crippen LogP contribution >= 0.6 is 0 Å². The number of anilines is 1. The van der Waals surface area contributed by atoms with Gasteiger partial charge in [-0.1, -0.05) is 33.8 Å². The molecule has 2 N–H and O–H groups in total. The number of carbonyl (C=O) groups excluding carboxylic acids is 4. The van der Waals surface area contributed by atoms with Crippen LogP contribution in [0.15, 0.2) is 42.7 Å². The van der Waals surface area contributed by atoms with Gasteiger partial charge in [0.25, 0.3) is 5.69 Å². The predicted molar refractivity (Wildman–Crippen MR) is 236 cm³/mol. The quantitative estimate of drug-likeness (QED) is 0.110. The highest BCUT2D eigenvalue weighted by molar-refractivity contribution is 5.85. The fraction of sp³-hybridized carbons (Fsp3) is 0.696. The zero-order valence-electron chi connectivity index (χ0n) is 39.5. The summed E-state index contributed by atoms with van der Waals surface area (Å²) in [5.41, 5.74) is -2.37. The molecule has 2 aromatic heterocycles. The van der Waals surface area contributed by atoms with Gasteiger partial charge in [0, 0.05) is 68.4 Å². The number of carbonyl (C=O) groups is 4. The minimum atomic E-state index is -1.53. The number of rotatable bonds is 14. The molecule has 3 aliphatic heterocycles. The number of ether oxygens (including phenoxy) is 6. The molecular formula is C46H68N6O13. The summed E-state index contributed by atoms with van der Waals surface area (Å²) in [5, 5.41) is 26.0. The Morgan fingerprint density at radius 3 is 2.40 bits per heavy atom. The number of aliphatic hydroxyl groups is 1. The van der Waals surface area contributed by atoms with Crippen LogP contribution in [0.25, 0.3) is 0 Å². The Balaban J connectivity index is 1.56. The average Bonchev–Trinajstić information content (AvgIpc) is 3.54. The summed E-state index contributed by atoms with van der Waals surface area (Å²) in [7, 11) is 5.21. The van der Waals surface area contributed by atoms with E-state index in [2.05, 4.69) is 15.3 Å². The largest absolute Gasteiger partial charge is 0.461 e. The standard InChI is InChI=1S/C46H68N6O13/c1-12-34-46(8)40(51(44(57)65-46)22-21-48-35-18-17-32(25-49-35)52(58)59)28(4)37(54)26(2)24-45(7,60-11)41(64-43-38(55)33(50(9)10)23-27(3)61-43)29(5)39(30(6)42(56)62-34)63-36(53)19-16-31-15-13-14-20-47-31/h13-15,17-18,20,25-30,33-34,38-41,43,55H,12,16,19,21-24H2,1-11H3,(H,48,49)/t26-,27-,28+,29-,30-,33+,34-,38-,39-,40+,41-,43?,45-,46-/m1/s1. The molecule has 0 aromatic carbocycles. The molecule has 5 rings (SSSR count). The summed E-state index contributed by atoms with van der Waals surface area (Å²) < 4.78 is 38.3. The first-order valence-electron chi connectivity index (χ1n) is 22.5. The van der Waals surface area contributed by atoms with E-state index in [1.165, 1.54) is 24.1 Å². The second-order valence-corrected chi connectivity index (χ2v) is 18.5. The number of hydrogen-bond donors (Lipinski definition) is 2. The fourth-order valence-corrected chi connectivity index (χ4v) is 9.95. The van der Waals surface area contributed by atoms with Gasteiger partial charge < -0.3 is 43.7 Å². The van der Waals surface area contributed by atoms with E-state index in [-0.39, 0.29) is 62.4 Å². The third-order valence-corrected chi connectivity index (χ3v) is 13.5. The molecule has 3 fully saturated rings. The highest BCUT2D eigenvalue weighted by Gasteiger charge is 2.60. The van der Waals surface area contributed by atoms with Gasteiger partial charge >= 0.3 is 18.0 Å². The van der Waals surface area contributed by atoms with E-state index in [1.54, 1.807) is 66.8 Å². The Labute approximate surface area is 381 Å². The van der Waals surface area contributed by atoms with E-state index in [4.69, 9.17) is 28.4 Å². The van der Waals surface area contributed by atoms with Crippen molar-refractivity contribution in [3.63, 3.8) is 0 Å². The van der Waals surface area contributed by atoms with Gasteiger partial charge in [-0.15, -0.1) is 0 Å². The molecule has 1 amide bonds. The van der Waals surface area contributed by atoms with Crippen molar-refractivity contribution in [2.75, 3.05) is 39.6 Å². The lowest BCUT2D eigenvalue weighted by Gasteiger charge is -2.48. The van der Waals surface area contributed by atoms with Crippen LogP contribution in [0.2, 0.25) is 0 Å². The fourth-order valence-electron chi connectivity index (χ4n) is 9.95. The van der Waals surface area contributed by atoms with Crippen LogP contribution < -0.4 is 5.32 Å². The van der Waals surface area contributed by atoms with Crippen LogP contribution in [0.4, 0.5) is 16.3 Å². The molecule has 19 nitrogen and oxygen atoms in total. The van der Waals surface area contributed by atoms with Crippen LogP contribution in [0, 0.1) is 33.8 Å². The molecule has 0 radical (unpaired) electrons. The Kier molecular flexibility index (Phi) is 17.0. The van der Waals surface area contributed by atoms with Crippen molar-refractivity contribution >= 4 is 35.3 Å². The van der Waals surface area contributed by atoms with Gasteiger partial charge in [-0.3, -0.25) is 34.4 Å². The molecular weight excluding hydrogens is 845 g/mol. The molecule has 1 unspecified atom stereocenters. The normalized spacial score (nSPS) is 34.8. The van der Waals surface area contributed by atoms with E-state index >= 15 is 0 Å². The first kappa shape index (κ1) is 51.2. The topological polar surface area (TPSA) is 231 Å². The molecule has 14 atom stereocenters. The average molecular weight is 913 g/mol. The van der Waals surface area contributed by atoms with Gasteiger partial charge in [0.2, 0.25) is 0 Å². The minimum Gasteiger partial charge on any atom is -0.461 e. The molecule has 3 aliphatic rings. The summed E-state index contributed by atoms with van der Waals surface area (Å²) >= 11 is 0. The first-order valence-corrected chi connectivity index (χ1v) is 22.5. The van der Waals surface area contributed by atoms with Crippen molar-refractivity contribution in [2.45, 2.75) is 148 Å². The van der Waals surface area contributed by atoms with Gasteiger partial charge in [0.1, 0.15) is 36.1 Å². The number of Topliss-reactive ketones (excluding diaryl/α,β-unsaturated/α-hetero) is 1. The van der Waals surface area contributed by atoms with Gasteiger partial charge in [-0.05, 0) is 79.3 Å².